The van der Waals surface area contributed by atoms with Gasteiger partial charge >= 0.3 is 0 Å². The van der Waals surface area contributed by atoms with Crippen molar-refractivity contribution >= 4 is 5.78 Å². The molecular weight excluding hydrogens is 208 g/mol. The van der Waals surface area contributed by atoms with E-state index in [0.29, 0.717) is 11.7 Å². The molecule has 1 fully saturated rings. The van der Waals surface area contributed by atoms with E-state index in [1.54, 1.807) is 0 Å². The number of hydrogen-bond acceptors (Lipinski definition) is 1. The molecule has 0 aliphatic heterocycles. The summed E-state index contributed by atoms with van der Waals surface area (Å²) in [7, 11) is 0. The monoisotopic (exact) mass is 230 g/mol. The van der Waals surface area contributed by atoms with Gasteiger partial charge in [-0.25, -0.2) is 0 Å². The summed E-state index contributed by atoms with van der Waals surface area (Å²) in [5.41, 5.74) is 2.20. The van der Waals surface area contributed by atoms with Crippen LogP contribution in [0.25, 0.3) is 0 Å². The third kappa shape index (κ3) is 2.77. The van der Waals surface area contributed by atoms with Crippen molar-refractivity contribution in [3.8, 4) is 0 Å². The molecule has 0 radical (unpaired) electrons. The van der Waals surface area contributed by atoms with E-state index < -0.39 is 0 Å². The molecule has 1 heteroatoms. The summed E-state index contributed by atoms with van der Waals surface area (Å²) in [6.45, 7) is 6.60. The first-order chi connectivity index (χ1) is 8.08. The number of rotatable bonds is 3. The highest BCUT2D eigenvalue weighted by Gasteiger charge is 2.27. The van der Waals surface area contributed by atoms with Crippen molar-refractivity contribution in [1.82, 2.24) is 0 Å². The number of carbonyl (C=O) groups excluding carboxylic acids is 1. The standard InChI is InChI=1S/C16H22O/c1-11(2)13-6-8-14(9-7-13)16(17)15-5-4-12(3)10-15/h6-9,11-12,15H,4-5,10H2,1-3H3. The normalized spacial score (nSPS) is 24.2. The molecule has 2 unspecified atom stereocenters. The van der Waals surface area contributed by atoms with Crippen LogP contribution >= 0.6 is 0 Å². The predicted molar refractivity (Wildman–Crippen MR) is 71.4 cm³/mol. The molecule has 17 heavy (non-hydrogen) atoms. The number of benzene rings is 1. The maximum absolute atomic E-state index is 12.3. The number of ketones is 1. The molecule has 2 rings (SSSR count). The van der Waals surface area contributed by atoms with Crippen molar-refractivity contribution in [3.05, 3.63) is 35.4 Å². The smallest absolute Gasteiger partial charge is 0.165 e. The average Bonchev–Trinajstić information content (AvgIpc) is 2.75. The van der Waals surface area contributed by atoms with E-state index >= 15 is 0 Å². The maximum atomic E-state index is 12.3. The fraction of sp³-hybridized carbons (Fsp3) is 0.562. The lowest BCUT2D eigenvalue weighted by atomic mass is 9.93. The molecule has 0 aromatic heterocycles. The van der Waals surface area contributed by atoms with E-state index in [4.69, 9.17) is 0 Å². The van der Waals surface area contributed by atoms with Gasteiger partial charge in [-0.1, -0.05) is 45.0 Å². The highest BCUT2D eigenvalue weighted by Crippen LogP contribution is 2.32. The lowest BCUT2D eigenvalue weighted by Gasteiger charge is -2.10. The summed E-state index contributed by atoms with van der Waals surface area (Å²) in [6, 6.07) is 8.19. The predicted octanol–water partition coefficient (Wildman–Crippen LogP) is 4.43. The fourth-order valence-electron chi connectivity index (χ4n) is 2.71. The summed E-state index contributed by atoms with van der Waals surface area (Å²) < 4.78 is 0. The number of Topliss-reactive ketones (excluding diaryl/α,β-unsaturated/α-hetero) is 1. The molecule has 0 heterocycles. The van der Waals surface area contributed by atoms with Crippen LogP contribution in [-0.2, 0) is 0 Å². The van der Waals surface area contributed by atoms with Gasteiger partial charge in [-0.15, -0.1) is 0 Å². The Morgan fingerprint density at radius 1 is 1.18 bits per heavy atom. The second-order valence-corrected chi connectivity index (χ2v) is 5.76. The van der Waals surface area contributed by atoms with Gasteiger partial charge in [0.2, 0.25) is 0 Å². The molecule has 1 saturated carbocycles. The van der Waals surface area contributed by atoms with Crippen LogP contribution < -0.4 is 0 Å². The third-order valence-electron chi connectivity index (χ3n) is 3.93. The largest absolute Gasteiger partial charge is 0.294 e. The van der Waals surface area contributed by atoms with Gasteiger partial charge < -0.3 is 0 Å². The minimum absolute atomic E-state index is 0.273. The van der Waals surface area contributed by atoms with Crippen LogP contribution in [0.1, 0.15) is 61.9 Å². The van der Waals surface area contributed by atoms with Gasteiger partial charge in [-0.05, 0) is 36.7 Å². The fourth-order valence-corrected chi connectivity index (χ4v) is 2.71. The van der Waals surface area contributed by atoms with E-state index in [2.05, 4.69) is 32.9 Å². The Morgan fingerprint density at radius 3 is 2.29 bits per heavy atom. The van der Waals surface area contributed by atoms with Crippen molar-refractivity contribution in [2.45, 2.75) is 46.0 Å². The molecular formula is C16H22O. The minimum Gasteiger partial charge on any atom is -0.294 e. The molecule has 1 aliphatic rings. The summed E-state index contributed by atoms with van der Waals surface area (Å²) in [5, 5.41) is 0. The van der Waals surface area contributed by atoms with Crippen LogP contribution in [0.5, 0.6) is 0 Å². The Bertz CT molecular complexity index is 388. The van der Waals surface area contributed by atoms with E-state index in [1.165, 1.54) is 12.0 Å². The average molecular weight is 230 g/mol. The zero-order valence-electron chi connectivity index (χ0n) is 11.1. The Labute approximate surface area is 104 Å². The van der Waals surface area contributed by atoms with Crippen molar-refractivity contribution in [1.29, 1.82) is 0 Å². The van der Waals surface area contributed by atoms with Crippen molar-refractivity contribution in [2.24, 2.45) is 11.8 Å². The molecule has 1 aromatic carbocycles. The Hall–Kier alpha value is -1.11. The first-order valence-electron chi connectivity index (χ1n) is 6.72. The van der Waals surface area contributed by atoms with Crippen molar-refractivity contribution < 1.29 is 4.79 Å². The lowest BCUT2D eigenvalue weighted by Crippen LogP contribution is -2.11. The molecule has 1 nitrogen and oxygen atoms in total. The van der Waals surface area contributed by atoms with Gasteiger partial charge in [-0.2, -0.15) is 0 Å². The van der Waals surface area contributed by atoms with E-state index in [1.807, 2.05) is 12.1 Å². The van der Waals surface area contributed by atoms with Crippen LogP contribution in [-0.4, -0.2) is 5.78 Å². The van der Waals surface area contributed by atoms with Gasteiger partial charge in [0.25, 0.3) is 0 Å². The molecule has 1 aromatic rings. The van der Waals surface area contributed by atoms with Gasteiger partial charge in [0.15, 0.2) is 5.78 Å². The quantitative estimate of drug-likeness (QED) is 0.702. The lowest BCUT2D eigenvalue weighted by molar-refractivity contribution is 0.0920. The van der Waals surface area contributed by atoms with Crippen molar-refractivity contribution in [3.63, 3.8) is 0 Å². The summed E-state index contributed by atoms with van der Waals surface area (Å²) in [5.74, 6) is 1.88. The van der Waals surface area contributed by atoms with E-state index in [-0.39, 0.29) is 5.92 Å². The summed E-state index contributed by atoms with van der Waals surface area (Å²) in [6.07, 6.45) is 3.36. The first kappa shape index (κ1) is 12.3. The second kappa shape index (κ2) is 5.03. The minimum atomic E-state index is 0.273. The number of hydrogen-bond donors (Lipinski definition) is 0. The molecule has 1 aliphatic carbocycles. The van der Waals surface area contributed by atoms with Crippen LogP contribution in [0.3, 0.4) is 0 Å². The van der Waals surface area contributed by atoms with Gasteiger partial charge in [-0.3, -0.25) is 4.79 Å². The van der Waals surface area contributed by atoms with Crippen molar-refractivity contribution in [2.75, 3.05) is 0 Å². The van der Waals surface area contributed by atoms with Gasteiger partial charge in [0.1, 0.15) is 0 Å². The van der Waals surface area contributed by atoms with E-state index in [0.717, 1.165) is 24.3 Å². The SMILES string of the molecule is CC1CCC(C(=O)c2ccc(C(C)C)cc2)C1. The molecule has 0 N–H and O–H groups in total. The second-order valence-electron chi connectivity index (χ2n) is 5.76. The van der Waals surface area contributed by atoms with Gasteiger partial charge in [0.05, 0.1) is 0 Å². The zero-order chi connectivity index (χ0) is 12.4. The molecule has 0 amide bonds. The maximum Gasteiger partial charge on any atom is 0.165 e. The number of carbonyl (C=O) groups is 1. The highest BCUT2D eigenvalue weighted by molar-refractivity contribution is 5.98. The molecule has 0 saturated heterocycles. The molecule has 92 valence electrons. The Morgan fingerprint density at radius 2 is 1.82 bits per heavy atom. The van der Waals surface area contributed by atoms with Crippen LogP contribution in [0.15, 0.2) is 24.3 Å². The summed E-state index contributed by atoms with van der Waals surface area (Å²) >= 11 is 0. The van der Waals surface area contributed by atoms with E-state index in [9.17, 15) is 4.79 Å². The first-order valence-corrected chi connectivity index (χ1v) is 6.72. The zero-order valence-corrected chi connectivity index (χ0v) is 11.1. The van der Waals surface area contributed by atoms with Crippen LogP contribution in [0.4, 0.5) is 0 Å². The molecule has 0 spiro atoms. The topological polar surface area (TPSA) is 17.1 Å². The molecule has 2 atom stereocenters. The van der Waals surface area contributed by atoms with Crippen LogP contribution in [0.2, 0.25) is 0 Å². The highest BCUT2D eigenvalue weighted by atomic mass is 16.1. The third-order valence-corrected chi connectivity index (χ3v) is 3.93. The Balaban J connectivity index is 2.09. The molecule has 0 bridgehead atoms. The van der Waals surface area contributed by atoms with Crippen LogP contribution in [0, 0.1) is 11.8 Å². The van der Waals surface area contributed by atoms with Gasteiger partial charge in [0, 0.05) is 11.5 Å². The Kier molecular flexibility index (Phi) is 3.66. The summed E-state index contributed by atoms with van der Waals surface area (Å²) in [4.78, 5) is 12.3.